The molecule has 10 N–H and O–H groups in total. The van der Waals surface area contributed by atoms with Gasteiger partial charge in [-0.1, -0.05) is 7.43 Å². The van der Waals surface area contributed by atoms with E-state index in [1.807, 2.05) is 0 Å². The summed E-state index contributed by atoms with van der Waals surface area (Å²) >= 11 is 0. The molecule has 1 saturated heterocycles. The zero-order chi connectivity index (χ0) is 9.78. The van der Waals surface area contributed by atoms with Crippen LogP contribution in [-0.4, -0.2) is 58.1 Å². The monoisotopic (exact) mass is 242 g/mol. The third-order valence-corrected chi connectivity index (χ3v) is 1.37. The second-order valence-electron chi connectivity index (χ2n) is 2.55. The molecular formula is C9H30N4O3. The van der Waals surface area contributed by atoms with Crippen LogP contribution in [0.4, 0.5) is 0 Å². The zero-order valence-corrected chi connectivity index (χ0v) is 9.34. The van der Waals surface area contributed by atoms with Crippen LogP contribution in [0, 0.1) is 0 Å². The molecule has 0 aliphatic carbocycles. The molecule has 0 unspecified atom stereocenters. The Labute approximate surface area is 98.7 Å². The molecule has 1 aliphatic rings. The highest BCUT2D eigenvalue weighted by Crippen LogP contribution is 1.76. The Bertz CT molecular complexity index is 79.3. The summed E-state index contributed by atoms with van der Waals surface area (Å²) < 4.78 is 9.89. The summed E-state index contributed by atoms with van der Waals surface area (Å²) in [4.78, 5) is 0. The number of ether oxygens (including phenoxy) is 2. The smallest absolute Gasteiger partial charge is 0.0591 e. The van der Waals surface area contributed by atoms with Crippen molar-refractivity contribution in [3.05, 3.63) is 0 Å². The maximum absolute atomic E-state index is 5.10. The molecule has 1 fully saturated rings. The first-order valence-electron chi connectivity index (χ1n) is 4.68. The van der Waals surface area contributed by atoms with Gasteiger partial charge in [0.25, 0.3) is 0 Å². The van der Waals surface area contributed by atoms with E-state index in [0.29, 0.717) is 26.3 Å². The molecule has 7 heteroatoms. The predicted octanol–water partition coefficient (Wildman–Crippen LogP) is -1.50. The third kappa shape index (κ3) is 23.5. The molecule has 0 radical (unpaired) electrons. The van der Waals surface area contributed by atoms with E-state index in [4.69, 9.17) is 20.9 Å². The van der Waals surface area contributed by atoms with Gasteiger partial charge in [0.05, 0.1) is 26.4 Å². The highest BCUT2D eigenvalue weighted by molar-refractivity contribution is 4.49. The van der Waals surface area contributed by atoms with Crippen molar-refractivity contribution in [3.63, 3.8) is 0 Å². The quantitative estimate of drug-likeness (QED) is 0.441. The predicted molar refractivity (Wildman–Crippen MR) is 68.0 cm³/mol. The fraction of sp³-hybridized carbons (Fsp3) is 1.00. The topological polar surface area (TPSA) is 149 Å². The fourth-order valence-corrected chi connectivity index (χ4v) is 0.784. The van der Waals surface area contributed by atoms with Gasteiger partial charge in [0, 0.05) is 26.2 Å². The van der Waals surface area contributed by atoms with E-state index < -0.39 is 0 Å². The summed E-state index contributed by atoms with van der Waals surface area (Å²) in [6.45, 7) is 6.24. The van der Waals surface area contributed by atoms with Crippen LogP contribution in [0.5, 0.6) is 0 Å². The third-order valence-electron chi connectivity index (χ3n) is 1.37. The summed E-state index contributed by atoms with van der Waals surface area (Å²) in [7, 11) is 0. The van der Waals surface area contributed by atoms with Gasteiger partial charge in [0.1, 0.15) is 0 Å². The highest BCUT2D eigenvalue weighted by Gasteiger charge is 1.92. The van der Waals surface area contributed by atoms with Gasteiger partial charge in [0.15, 0.2) is 0 Å². The van der Waals surface area contributed by atoms with Gasteiger partial charge >= 0.3 is 0 Å². The summed E-state index contributed by atoms with van der Waals surface area (Å²) in [6.07, 6.45) is 0. The molecule has 0 aromatic carbocycles. The Kier molecular flexibility index (Phi) is 37.4. The molecule has 0 saturated carbocycles. The average molecular weight is 242 g/mol. The number of morpholine rings is 1. The maximum atomic E-state index is 5.10. The second-order valence-corrected chi connectivity index (χ2v) is 2.55. The Balaban J connectivity index is -0.0000000760. The molecule has 0 amide bonds. The van der Waals surface area contributed by atoms with Crippen LogP contribution in [0.15, 0.2) is 0 Å². The first-order valence-corrected chi connectivity index (χ1v) is 4.68. The van der Waals surface area contributed by atoms with Crippen LogP contribution in [-0.2, 0) is 9.47 Å². The van der Waals surface area contributed by atoms with Crippen LogP contribution in [0.25, 0.3) is 0 Å². The molecule has 0 spiro atoms. The van der Waals surface area contributed by atoms with E-state index >= 15 is 0 Å². The van der Waals surface area contributed by atoms with Crippen LogP contribution in [0.1, 0.15) is 7.43 Å². The second kappa shape index (κ2) is 24.1. The fourth-order valence-electron chi connectivity index (χ4n) is 0.784. The molecule has 0 bridgehead atoms. The minimum atomic E-state index is 0. The van der Waals surface area contributed by atoms with Gasteiger partial charge in [-0.15, -0.1) is 0 Å². The highest BCUT2D eigenvalue weighted by atomic mass is 16.5. The van der Waals surface area contributed by atoms with Crippen LogP contribution in [0.3, 0.4) is 0 Å². The van der Waals surface area contributed by atoms with E-state index in [1.165, 1.54) is 0 Å². The molecule has 104 valence electrons. The van der Waals surface area contributed by atoms with E-state index in [0.717, 1.165) is 26.3 Å². The number of hydrogen-bond donors (Lipinski definition) is 4. The molecule has 1 aliphatic heterocycles. The summed E-state index contributed by atoms with van der Waals surface area (Å²) in [5.41, 5.74) is 10.2. The molecule has 0 aromatic rings. The van der Waals surface area contributed by atoms with Crippen molar-refractivity contribution in [2.24, 2.45) is 11.5 Å². The van der Waals surface area contributed by atoms with E-state index in [9.17, 15) is 0 Å². The van der Waals surface area contributed by atoms with Crippen molar-refractivity contribution < 1.29 is 14.9 Å². The van der Waals surface area contributed by atoms with E-state index in [-0.39, 0.29) is 19.1 Å². The van der Waals surface area contributed by atoms with E-state index in [2.05, 4.69) is 5.32 Å². The number of nitrogens with one attached hydrogen (secondary N) is 1. The lowest BCUT2D eigenvalue weighted by atomic mass is 10.5. The summed E-state index contributed by atoms with van der Waals surface area (Å²) in [5, 5.41) is 3.16. The number of hydrogen-bond acceptors (Lipinski definition) is 6. The van der Waals surface area contributed by atoms with Crippen LogP contribution >= 0.6 is 0 Å². The molecule has 16 heavy (non-hydrogen) atoms. The van der Waals surface area contributed by atoms with Gasteiger partial charge in [-0.25, -0.2) is 0 Å². The van der Waals surface area contributed by atoms with Crippen molar-refractivity contribution in [1.29, 1.82) is 0 Å². The molecule has 0 aromatic heterocycles. The Morgan fingerprint density at radius 3 is 1.69 bits per heavy atom. The van der Waals surface area contributed by atoms with Crippen LogP contribution < -0.4 is 22.9 Å². The van der Waals surface area contributed by atoms with Crippen molar-refractivity contribution in [2.75, 3.05) is 52.6 Å². The zero-order valence-electron chi connectivity index (χ0n) is 9.34. The normalized spacial score (nSPS) is 13.1. The molecule has 1 heterocycles. The Morgan fingerprint density at radius 2 is 1.50 bits per heavy atom. The van der Waals surface area contributed by atoms with Gasteiger partial charge in [-0.3, -0.25) is 0 Å². The van der Waals surface area contributed by atoms with Gasteiger partial charge in [0.2, 0.25) is 0 Å². The number of nitrogens with two attached hydrogens (primary N) is 2. The molecule has 0 atom stereocenters. The Morgan fingerprint density at radius 1 is 1.06 bits per heavy atom. The minimum absolute atomic E-state index is 0. The lowest BCUT2D eigenvalue weighted by Gasteiger charge is -2.10. The van der Waals surface area contributed by atoms with Crippen LogP contribution in [0.2, 0.25) is 0 Å². The van der Waals surface area contributed by atoms with Gasteiger partial charge < -0.3 is 37.9 Å². The summed E-state index contributed by atoms with van der Waals surface area (Å²) in [5.74, 6) is 0. The lowest BCUT2D eigenvalue weighted by molar-refractivity contribution is 0.109. The van der Waals surface area contributed by atoms with Gasteiger partial charge in [-0.2, -0.15) is 0 Å². The Hall–Kier alpha value is -0.280. The molecule has 7 nitrogen and oxygen atoms in total. The molecular weight excluding hydrogens is 212 g/mol. The average Bonchev–Trinajstić information content (AvgIpc) is 2.22. The van der Waals surface area contributed by atoms with Crippen molar-refractivity contribution in [1.82, 2.24) is 11.5 Å². The minimum Gasteiger partial charge on any atom is -0.412 e. The first kappa shape index (κ1) is 24.8. The lowest BCUT2D eigenvalue weighted by Crippen LogP contribution is -2.30. The largest absolute Gasteiger partial charge is 0.412 e. The molecule has 1 rings (SSSR count). The standard InChI is InChI=1S/C4H12N2O.C4H9NO.CH4.H3N.H2O/c5-1-3-7-4-2-6;1-3-6-4-2-5-1;;;/h1-6H2;5H,1-4H2;1H4;1H3;1H2. The SMILES string of the molecule is C.C1COCCN1.N.NCCOCCN.O. The van der Waals surface area contributed by atoms with Crippen molar-refractivity contribution >= 4 is 0 Å². The first-order chi connectivity index (χ1) is 6.41. The van der Waals surface area contributed by atoms with Crippen molar-refractivity contribution in [2.45, 2.75) is 7.43 Å². The van der Waals surface area contributed by atoms with Crippen molar-refractivity contribution in [3.8, 4) is 0 Å². The maximum Gasteiger partial charge on any atom is 0.0591 e. The van der Waals surface area contributed by atoms with Gasteiger partial charge in [-0.05, 0) is 0 Å². The number of rotatable bonds is 4. The summed E-state index contributed by atoms with van der Waals surface area (Å²) in [6, 6.07) is 0. The van der Waals surface area contributed by atoms with E-state index in [1.54, 1.807) is 0 Å².